The first kappa shape index (κ1) is 23.2. The molecule has 1 aromatic heterocycles. The van der Waals surface area contributed by atoms with E-state index < -0.39 is 29.0 Å². The van der Waals surface area contributed by atoms with Crippen LogP contribution in [0.2, 0.25) is 0 Å². The van der Waals surface area contributed by atoms with Crippen molar-refractivity contribution in [1.29, 1.82) is 0 Å². The van der Waals surface area contributed by atoms with Gasteiger partial charge >= 0.3 is 0 Å². The molecule has 0 saturated carbocycles. The molecule has 1 aliphatic rings. The van der Waals surface area contributed by atoms with Gasteiger partial charge in [0.05, 0.1) is 11.4 Å². The van der Waals surface area contributed by atoms with Gasteiger partial charge in [0.2, 0.25) is 5.91 Å². The van der Waals surface area contributed by atoms with Gasteiger partial charge in [-0.1, -0.05) is 17.8 Å². The molecular formula is C23H23F3N4O2S. The summed E-state index contributed by atoms with van der Waals surface area (Å²) >= 11 is 1.10. The van der Waals surface area contributed by atoms with Gasteiger partial charge in [-0.15, -0.1) is 10.2 Å². The van der Waals surface area contributed by atoms with E-state index in [0.717, 1.165) is 42.5 Å². The highest BCUT2D eigenvalue weighted by Gasteiger charge is 2.18. The Hall–Kier alpha value is -3.01. The van der Waals surface area contributed by atoms with Crippen LogP contribution in [0, 0.1) is 17.5 Å². The van der Waals surface area contributed by atoms with Crippen LogP contribution in [0.25, 0.3) is 0 Å². The number of hydrogen-bond acceptors (Lipinski definition) is 5. The minimum Gasteiger partial charge on any atom is -0.486 e. The average molecular weight is 477 g/mol. The lowest BCUT2D eigenvalue weighted by Gasteiger charge is -2.16. The Balaban J connectivity index is 1.35. The minimum absolute atomic E-state index is 0.109. The number of benzene rings is 2. The van der Waals surface area contributed by atoms with Crippen LogP contribution in [0.1, 0.15) is 36.7 Å². The predicted octanol–water partition coefficient (Wildman–Crippen LogP) is 4.90. The first-order valence-electron chi connectivity index (χ1n) is 10.7. The average Bonchev–Trinajstić information content (AvgIpc) is 3.23. The maximum atomic E-state index is 13.7. The largest absolute Gasteiger partial charge is 0.486 e. The maximum Gasteiger partial charge on any atom is 0.234 e. The van der Waals surface area contributed by atoms with E-state index in [-0.39, 0.29) is 12.4 Å². The molecule has 0 aliphatic heterocycles. The molecule has 3 aromatic rings. The molecule has 174 valence electrons. The van der Waals surface area contributed by atoms with Crippen LogP contribution in [-0.2, 0) is 30.8 Å². The molecule has 0 spiro atoms. The Morgan fingerprint density at radius 1 is 1.09 bits per heavy atom. The molecule has 1 heterocycles. The number of hydrogen-bond donors (Lipinski definition) is 1. The van der Waals surface area contributed by atoms with Crippen molar-refractivity contribution in [3.63, 3.8) is 0 Å². The van der Waals surface area contributed by atoms with E-state index in [2.05, 4.69) is 27.6 Å². The van der Waals surface area contributed by atoms with Gasteiger partial charge < -0.3 is 14.6 Å². The first-order chi connectivity index (χ1) is 16.0. The second-order valence-corrected chi connectivity index (χ2v) is 8.57. The van der Waals surface area contributed by atoms with E-state index in [4.69, 9.17) is 4.74 Å². The molecule has 0 bridgehead atoms. The second-order valence-electron chi connectivity index (χ2n) is 7.63. The first-order valence-corrected chi connectivity index (χ1v) is 11.7. The van der Waals surface area contributed by atoms with Crippen LogP contribution in [0.4, 0.5) is 18.9 Å². The molecule has 2 aromatic carbocycles. The van der Waals surface area contributed by atoms with Crippen molar-refractivity contribution in [2.24, 2.45) is 0 Å². The highest BCUT2D eigenvalue weighted by Crippen LogP contribution is 2.26. The van der Waals surface area contributed by atoms with Gasteiger partial charge in [-0.3, -0.25) is 4.79 Å². The van der Waals surface area contributed by atoms with E-state index in [0.29, 0.717) is 17.5 Å². The summed E-state index contributed by atoms with van der Waals surface area (Å²) in [5.74, 6) is -3.68. The number of aromatic nitrogens is 3. The monoisotopic (exact) mass is 476 g/mol. The zero-order chi connectivity index (χ0) is 23.4. The molecule has 1 amide bonds. The van der Waals surface area contributed by atoms with E-state index in [1.165, 1.54) is 24.0 Å². The van der Waals surface area contributed by atoms with Gasteiger partial charge in [-0.05, 0) is 68.0 Å². The fourth-order valence-electron chi connectivity index (χ4n) is 3.74. The molecule has 0 unspecified atom stereocenters. The zero-order valence-electron chi connectivity index (χ0n) is 18.0. The Kier molecular flexibility index (Phi) is 7.22. The normalized spacial score (nSPS) is 13.0. The van der Waals surface area contributed by atoms with Crippen LogP contribution in [0.15, 0.2) is 35.5 Å². The number of nitrogens with one attached hydrogen (secondary N) is 1. The van der Waals surface area contributed by atoms with Crippen LogP contribution in [0.3, 0.4) is 0 Å². The summed E-state index contributed by atoms with van der Waals surface area (Å²) in [6, 6.07) is 7.89. The summed E-state index contributed by atoms with van der Waals surface area (Å²) in [7, 11) is 0. The number of carbonyl (C=O) groups is 1. The fraction of sp³-hybridized carbons (Fsp3) is 0.348. The predicted molar refractivity (Wildman–Crippen MR) is 119 cm³/mol. The lowest BCUT2D eigenvalue weighted by atomic mass is 9.92. The van der Waals surface area contributed by atoms with Crippen LogP contribution >= 0.6 is 11.8 Å². The summed E-state index contributed by atoms with van der Waals surface area (Å²) < 4.78 is 47.9. The van der Waals surface area contributed by atoms with Crippen molar-refractivity contribution in [3.05, 3.63) is 64.7 Å². The van der Waals surface area contributed by atoms with Crippen molar-refractivity contribution >= 4 is 23.4 Å². The molecule has 6 nitrogen and oxygen atoms in total. The highest BCUT2D eigenvalue weighted by molar-refractivity contribution is 7.99. The maximum absolute atomic E-state index is 13.7. The molecule has 1 aliphatic carbocycles. The topological polar surface area (TPSA) is 69.0 Å². The lowest BCUT2D eigenvalue weighted by Crippen LogP contribution is -2.16. The van der Waals surface area contributed by atoms with Gasteiger partial charge in [0, 0.05) is 6.54 Å². The Labute approximate surface area is 193 Å². The smallest absolute Gasteiger partial charge is 0.234 e. The van der Waals surface area contributed by atoms with Crippen molar-refractivity contribution < 1.29 is 22.7 Å². The molecule has 0 radical (unpaired) electrons. The quantitative estimate of drug-likeness (QED) is 0.370. The number of ether oxygens (including phenoxy) is 1. The van der Waals surface area contributed by atoms with Crippen LogP contribution in [-0.4, -0.2) is 26.4 Å². The number of carbonyl (C=O) groups excluding carboxylic acids is 1. The Morgan fingerprint density at radius 2 is 1.88 bits per heavy atom. The zero-order valence-corrected chi connectivity index (χ0v) is 18.9. The molecule has 4 rings (SSSR count). The number of thioether (sulfide) groups is 1. The number of rotatable bonds is 8. The number of anilines is 1. The van der Waals surface area contributed by atoms with Crippen LogP contribution < -0.4 is 10.1 Å². The Morgan fingerprint density at radius 3 is 2.67 bits per heavy atom. The molecule has 0 saturated heterocycles. The molecule has 0 fully saturated rings. The van der Waals surface area contributed by atoms with Gasteiger partial charge in [-0.25, -0.2) is 13.2 Å². The third-order valence-electron chi connectivity index (χ3n) is 5.44. The second kappa shape index (κ2) is 10.3. The van der Waals surface area contributed by atoms with E-state index in [1.54, 1.807) is 0 Å². The molecular weight excluding hydrogens is 453 g/mol. The summed E-state index contributed by atoms with van der Waals surface area (Å²) in [6.07, 6.45) is 4.59. The van der Waals surface area contributed by atoms with Gasteiger partial charge in [0.25, 0.3) is 0 Å². The number of aryl methyl sites for hydroxylation is 2. The Bertz CT molecular complexity index is 1170. The number of nitrogens with zero attached hydrogens (tertiary/aromatic N) is 3. The highest BCUT2D eigenvalue weighted by atomic mass is 32.2. The number of halogens is 3. The standard InChI is InChI=1S/C23H23F3N4O2S/c1-2-30-19(12-32-16-8-7-14-5-3-4-6-15(14)11-16)28-29-23(30)33-13-20(31)27-18-10-9-17(24)21(25)22(18)26/h7-11H,2-6,12-13H2,1H3,(H,27,31). The lowest BCUT2D eigenvalue weighted by molar-refractivity contribution is -0.113. The molecule has 0 atom stereocenters. The molecule has 10 heteroatoms. The number of amides is 1. The van der Waals surface area contributed by atoms with Crippen LogP contribution in [0.5, 0.6) is 5.75 Å². The van der Waals surface area contributed by atoms with Gasteiger partial charge in [0.1, 0.15) is 12.4 Å². The molecule has 1 N–H and O–H groups in total. The third-order valence-corrected chi connectivity index (χ3v) is 6.41. The van der Waals surface area contributed by atoms with Gasteiger partial charge in [0.15, 0.2) is 28.4 Å². The SMILES string of the molecule is CCn1c(COc2ccc3c(c2)CCCC3)nnc1SCC(=O)Nc1ccc(F)c(F)c1F. The van der Waals surface area contributed by atoms with Crippen molar-refractivity contribution in [2.45, 2.75) is 50.9 Å². The van der Waals surface area contributed by atoms with Crippen molar-refractivity contribution in [3.8, 4) is 5.75 Å². The minimum atomic E-state index is -1.63. The van der Waals surface area contributed by atoms with E-state index >= 15 is 0 Å². The summed E-state index contributed by atoms with van der Waals surface area (Å²) in [4.78, 5) is 12.2. The molecule has 33 heavy (non-hydrogen) atoms. The van der Waals surface area contributed by atoms with Gasteiger partial charge in [-0.2, -0.15) is 0 Å². The summed E-state index contributed by atoms with van der Waals surface area (Å²) in [6.45, 7) is 2.72. The van der Waals surface area contributed by atoms with E-state index in [1.807, 2.05) is 17.6 Å². The summed E-state index contributed by atoms with van der Waals surface area (Å²) in [5, 5.41) is 11.0. The summed E-state index contributed by atoms with van der Waals surface area (Å²) in [5.41, 5.74) is 2.29. The number of fused-ring (bicyclic) bond motifs is 1. The van der Waals surface area contributed by atoms with Crippen molar-refractivity contribution in [2.75, 3.05) is 11.1 Å². The fourth-order valence-corrected chi connectivity index (χ4v) is 4.56. The third kappa shape index (κ3) is 5.32. The van der Waals surface area contributed by atoms with Crippen molar-refractivity contribution in [1.82, 2.24) is 14.8 Å². The van der Waals surface area contributed by atoms with E-state index in [9.17, 15) is 18.0 Å².